The number of carbonyl (C=O) groups excluding carboxylic acids is 1. The van der Waals surface area contributed by atoms with E-state index in [-0.39, 0.29) is 17.4 Å². The van der Waals surface area contributed by atoms with Gasteiger partial charge < -0.3 is 14.3 Å². The summed E-state index contributed by atoms with van der Waals surface area (Å²) in [6, 6.07) is 5.18. The van der Waals surface area contributed by atoms with Crippen LogP contribution in [0.1, 0.15) is 46.6 Å². The van der Waals surface area contributed by atoms with E-state index in [1.165, 1.54) is 0 Å². The minimum absolute atomic E-state index is 0.0594. The maximum atomic E-state index is 12.5. The monoisotopic (exact) mass is 347 g/mol. The van der Waals surface area contributed by atoms with Crippen molar-refractivity contribution in [2.75, 3.05) is 19.3 Å². The molecule has 1 amide bonds. The zero-order chi connectivity index (χ0) is 17.1. The van der Waals surface area contributed by atoms with Crippen molar-refractivity contribution in [2.24, 2.45) is 0 Å². The standard InChI is InChI=1S/C17H21N3O3S/c1-11-18-14(9-16(21)19-11)12-5-7-20(8-6-12)17(22)15-4-3-13(23-15)10-24-2/h3-4,9,12H,5-8,10H2,1-2H3,(H,18,19,21). The highest BCUT2D eigenvalue weighted by Gasteiger charge is 2.27. The van der Waals surface area contributed by atoms with Crippen LogP contribution in [0, 0.1) is 6.92 Å². The summed E-state index contributed by atoms with van der Waals surface area (Å²) in [5.74, 6) is 2.79. The van der Waals surface area contributed by atoms with Crippen molar-refractivity contribution in [2.45, 2.75) is 31.4 Å². The Kier molecular flexibility index (Phi) is 5.08. The van der Waals surface area contributed by atoms with E-state index in [1.54, 1.807) is 30.8 Å². The number of carbonyl (C=O) groups is 1. The molecule has 0 unspecified atom stereocenters. The molecule has 0 aromatic carbocycles. The van der Waals surface area contributed by atoms with Crippen LogP contribution >= 0.6 is 11.8 Å². The van der Waals surface area contributed by atoms with Crippen molar-refractivity contribution < 1.29 is 9.21 Å². The number of aryl methyl sites for hydroxylation is 1. The Morgan fingerprint density at radius 3 is 2.83 bits per heavy atom. The van der Waals surface area contributed by atoms with Crippen LogP contribution in [-0.4, -0.2) is 40.1 Å². The lowest BCUT2D eigenvalue weighted by molar-refractivity contribution is 0.0678. The number of nitrogens with one attached hydrogen (secondary N) is 1. The smallest absolute Gasteiger partial charge is 0.289 e. The molecule has 0 bridgehead atoms. The van der Waals surface area contributed by atoms with Crippen LogP contribution in [0.15, 0.2) is 27.4 Å². The summed E-state index contributed by atoms with van der Waals surface area (Å²) >= 11 is 1.66. The Morgan fingerprint density at radius 1 is 1.42 bits per heavy atom. The van der Waals surface area contributed by atoms with Gasteiger partial charge in [-0.2, -0.15) is 11.8 Å². The maximum Gasteiger partial charge on any atom is 0.289 e. The van der Waals surface area contributed by atoms with E-state index in [2.05, 4.69) is 9.97 Å². The Morgan fingerprint density at radius 2 is 2.17 bits per heavy atom. The van der Waals surface area contributed by atoms with Gasteiger partial charge in [0.25, 0.3) is 11.5 Å². The van der Waals surface area contributed by atoms with Crippen LogP contribution in [0.5, 0.6) is 0 Å². The molecule has 1 N–H and O–H groups in total. The predicted octanol–water partition coefficient (Wildman–Crippen LogP) is 2.55. The molecule has 0 radical (unpaired) electrons. The topological polar surface area (TPSA) is 79.2 Å². The van der Waals surface area contributed by atoms with Crippen molar-refractivity contribution in [1.29, 1.82) is 0 Å². The van der Waals surface area contributed by atoms with Gasteiger partial charge in [0.1, 0.15) is 11.6 Å². The fraction of sp³-hybridized carbons (Fsp3) is 0.471. The first kappa shape index (κ1) is 16.8. The van der Waals surface area contributed by atoms with Crippen LogP contribution < -0.4 is 5.56 Å². The molecule has 1 aliphatic heterocycles. The Hall–Kier alpha value is -2.02. The third kappa shape index (κ3) is 3.72. The lowest BCUT2D eigenvalue weighted by Crippen LogP contribution is -2.38. The fourth-order valence-corrected chi connectivity index (χ4v) is 3.50. The fourth-order valence-electron chi connectivity index (χ4n) is 3.06. The van der Waals surface area contributed by atoms with Crippen molar-refractivity contribution in [3.8, 4) is 0 Å². The number of nitrogens with zero attached hydrogens (tertiary/aromatic N) is 2. The van der Waals surface area contributed by atoms with Gasteiger partial charge in [0, 0.05) is 25.1 Å². The summed E-state index contributed by atoms with van der Waals surface area (Å²) in [4.78, 5) is 33.0. The molecule has 1 fully saturated rings. The molecule has 3 rings (SSSR count). The van der Waals surface area contributed by atoms with Crippen LogP contribution in [0.4, 0.5) is 0 Å². The van der Waals surface area contributed by atoms with Crippen molar-refractivity contribution in [1.82, 2.24) is 14.9 Å². The molecule has 7 heteroatoms. The lowest BCUT2D eigenvalue weighted by Gasteiger charge is -2.31. The van der Waals surface area contributed by atoms with Crippen molar-refractivity contribution in [3.05, 3.63) is 51.6 Å². The second kappa shape index (κ2) is 7.25. The van der Waals surface area contributed by atoms with Gasteiger partial charge in [0.15, 0.2) is 5.76 Å². The predicted molar refractivity (Wildman–Crippen MR) is 93.4 cm³/mol. The number of rotatable bonds is 4. The highest BCUT2D eigenvalue weighted by molar-refractivity contribution is 7.97. The number of thioether (sulfide) groups is 1. The van der Waals surface area contributed by atoms with E-state index in [0.29, 0.717) is 24.7 Å². The zero-order valence-electron chi connectivity index (χ0n) is 13.9. The van der Waals surface area contributed by atoms with Gasteiger partial charge in [-0.1, -0.05) is 0 Å². The molecule has 1 aliphatic rings. The average molecular weight is 347 g/mol. The quantitative estimate of drug-likeness (QED) is 0.919. The number of piperidine rings is 1. The minimum atomic E-state index is -0.118. The van der Waals surface area contributed by atoms with Gasteiger partial charge in [-0.05, 0) is 38.2 Å². The normalized spacial score (nSPS) is 15.7. The number of furan rings is 1. The number of hydrogen-bond donors (Lipinski definition) is 1. The van der Waals surface area contributed by atoms with Gasteiger partial charge in [-0.15, -0.1) is 0 Å². The van der Waals surface area contributed by atoms with Crippen LogP contribution in [0.25, 0.3) is 0 Å². The van der Waals surface area contributed by atoms with E-state index in [9.17, 15) is 9.59 Å². The second-order valence-corrected chi connectivity index (χ2v) is 6.89. The van der Waals surface area contributed by atoms with Crippen LogP contribution in [0.3, 0.4) is 0 Å². The Balaban J connectivity index is 1.63. The number of aromatic nitrogens is 2. The molecule has 0 atom stereocenters. The molecular formula is C17H21N3O3S. The average Bonchev–Trinajstić information content (AvgIpc) is 3.02. The lowest BCUT2D eigenvalue weighted by atomic mass is 9.93. The molecule has 0 spiro atoms. The third-order valence-corrected chi connectivity index (χ3v) is 4.81. The second-order valence-electron chi connectivity index (χ2n) is 6.02. The SMILES string of the molecule is CSCc1ccc(C(=O)N2CCC(c3cc(=O)[nH]c(C)n3)CC2)o1. The van der Waals surface area contributed by atoms with Crippen molar-refractivity contribution >= 4 is 17.7 Å². The van der Waals surface area contributed by atoms with Gasteiger partial charge >= 0.3 is 0 Å². The van der Waals surface area contributed by atoms with E-state index in [4.69, 9.17) is 4.42 Å². The summed E-state index contributed by atoms with van der Waals surface area (Å²) in [5, 5.41) is 0. The Labute approximate surface area is 144 Å². The van der Waals surface area contributed by atoms with Crippen LogP contribution in [0.2, 0.25) is 0 Å². The van der Waals surface area contributed by atoms with Crippen LogP contribution in [-0.2, 0) is 5.75 Å². The first-order valence-corrected chi connectivity index (χ1v) is 9.41. The molecule has 1 saturated heterocycles. The molecule has 0 saturated carbocycles. The molecule has 0 aliphatic carbocycles. The van der Waals surface area contributed by atoms with Gasteiger partial charge in [0.05, 0.1) is 11.4 Å². The summed E-state index contributed by atoms with van der Waals surface area (Å²) in [6.45, 7) is 3.08. The molecule has 6 nitrogen and oxygen atoms in total. The first-order chi connectivity index (χ1) is 11.6. The van der Waals surface area contributed by atoms with Gasteiger partial charge in [-0.25, -0.2) is 4.98 Å². The summed E-state index contributed by atoms with van der Waals surface area (Å²) in [5.41, 5.74) is 0.705. The van der Waals surface area contributed by atoms with E-state index in [1.807, 2.05) is 17.2 Å². The first-order valence-electron chi connectivity index (χ1n) is 8.01. The molecule has 2 aromatic rings. The number of H-pyrrole nitrogens is 1. The zero-order valence-corrected chi connectivity index (χ0v) is 14.7. The largest absolute Gasteiger partial charge is 0.455 e. The number of likely N-dealkylation sites (tertiary alicyclic amines) is 1. The number of hydrogen-bond acceptors (Lipinski definition) is 5. The molecular weight excluding hydrogens is 326 g/mol. The summed E-state index contributed by atoms with van der Waals surface area (Å²) in [7, 11) is 0. The van der Waals surface area contributed by atoms with E-state index in [0.717, 1.165) is 30.0 Å². The summed E-state index contributed by atoms with van der Waals surface area (Å²) < 4.78 is 5.61. The number of amides is 1. The van der Waals surface area contributed by atoms with Crippen molar-refractivity contribution in [3.63, 3.8) is 0 Å². The molecule has 24 heavy (non-hydrogen) atoms. The molecule has 128 valence electrons. The van der Waals surface area contributed by atoms with E-state index >= 15 is 0 Å². The maximum absolute atomic E-state index is 12.5. The highest BCUT2D eigenvalue weighted by Crippen LogP contribution is 2.27. The van der Waals surface area contributed by atoms with E-state index < -0.39 is 0 Å². The summed E-state index contributed by atoms with van der Waals surface area (Å²) in [6.07, 6.45) is 3.61. The molecule has 2 aromatic heterocycles. The minimum Gasteiger partial charge on any atom is -0.455 e. The number of aromatic amines is 1. The van der Waals surface area contributed by atoms with Gasteiger partial charge in [0.2, 0.25) is 0 Å². The van der Waals surface area contributed by atoms with Gasteiger partial charge in [-0.3, -0.25) is 9.59 Å². The third-order valence-electron chi connectivity index (χ3n) is 4.24. The Bertz CT molecular complexity index is 775. The highest BCUT2D eigenvalue weighted by atomic mass is 32.2. The molecule has 3 heterocycles.